The van der Waals surface area contributed by atoms with Crippen molar-refractivity contribution in [3.63, 3.8) is 0 Å². The van der Waals surface area contributed by atoms with Crippen LogP contribution < -0.4 is 0 Å². The molecular weight excluding hydrogens is 226 g/mol. The lowest BCUT2D eigenvalue weighted by Gasteiger charge is -2.22. The molecule has 1 aliphatic heterocycles. The standard InChI is InChI=1S/C8H14ClNO3S/c1-14(12,13)6-8(11)10-4-2-3-7(10)5-9/h7H,2-6H2,1H3. The van der Waals surface area contributed by atoms with E-state index < -0.39 is 15.6 Å². The number of carbonyl (C=O) groups excluding carboxylic acids is 1. The normalized spacial score (nSPS) is 22.7. The van der Waals surface area contributed by atoms with E-state index in [1.54, 1.807) is 4.90 Å². The Labute approximate surface area is 89.1 Å². The van der Waals surface area contributed by atoms with E-state index in [0.717, 1.165) is 19.1 Å². The van der Waals surface area contributed by atoms with Crippen LogP contribution >= 0.6 is 11.6 Å². The third-order valence-electron chi connectivity index (χ3n) is 2.26. The first kappa shape index (κ1) is 11.8. The fraction of sp³-hybridized carbons (Fsp3) is 0.875. The second kappa shape index (κ2) is 4.49. The molecule has 1 aliphatic rings. The minimum absolute atomic E-state index is 0.0194. The molecule has 0 radical (unpaired) electrons. The van der Waals surface area contributed by atoms with Crippen LogP contribution in [0.4, 0.5) is 0 Å². The maximum atomic E-state index is 11.5. The van der Waals surface area contributed by atoms with Crippen molar-refractivity contribution in [2.45, 2.75) is 18.9 Å². The van der Waals surface area contributed by atoms with Gasteiger partial charge in [-0.15, -0.1) is 11.6 Å². The Morgan fingerprint density at radius 1 is 1.57 bits per heavy atom. The second-order valence-corrected chi connectivity index (χ2v) is 6.06. The van der Waals surface area contributed by atoms with Gasteiger partial charge in [0.05, 0.1) is 0 Å². The highest BCUT2D eigenvalue weighted by molar-refractivity contribution is 7.91. The Hall–Kier alpha value is -0.290. The Bertz CT molecular complexity index is 315. The maximum absolute atomic E-state index is 11.5. The average molecular weight is 240 g/mol. The average Bonchev–Trinajstić information content (AvgIpc) is 2.47. The molecule has 0 spiro atoms. The molecule has 6 heteroatoms. The minimum Gasteiger partial charge on any atom is -0.338 e. The summed E-state index contributed by atoms with van der Waals surface area (Å²) < 4.78 is 21.8. The third-order valence-corrected chi connectivity index (χ3v) is 3.39. The molecule has 0 bridgehead atoms. The van der Waals surface area contributed by atoms with Gasteiger partial charge >= 0.3 is 0 Å². The first-order valence-corrected chi connectivity index (χ1v) is 7.06. The summed E-state index contributed by atoms with van der Waals surface area (Å²) in [4.78, 5) is 13.1. The molecule has 82 valence electrons. The summed E-state index contributed by atoms with van der Waals surface area (Å²) >= 11 is 5.67. The van der Waals surface area contributed by atoms with Gasteiger partial charge in [-0.1, -0.05) is 0 Å². The second-order valence-electron chi connectivity index (χ2n) is 3.61. The summed E-state index contributed by atoms with van der Waals surface area (Å²) in [6, 6.07) is 0.0194. The number of rotatable bonds is 3. The molecular formula is C8H14ClNO3S. The SMILES string of the molecule is CS(=O)(=O)CC(=O)N1CCCC1CCl. The molecule has 1 rings (SSSR count). The Balaban J connectivity index is 2.60. The van der Waals surface area contributed by atoms with E-state index in [9.17, 15) is 13.2 Å². The first-order chi connectivity index (χ1) is 6.44. The molecule has 0 aliphatic carbocycles. The van der Waals surface area contributed by atoms with Crippen molar-refractivity contribution in [1.82, 2.24) is 4.90 Å². The predicted octanol–water partition coefficient (Wildman–Crippen LogP) is 0.261. The van der Waals surface area contributed by atoms with E-state index in [1.807, 2.05) is 0 Å². The lowest BCUT2D eigenvalue weighted by molar-refractivity contribution is -0.128. The predicted molar refractivity (Wildman–Crippen MR) is 55.2 cm³/mol. The summed E-state index contributed by atoms with van der Waals surface area (Å²) in [7, 11) is -3.23. The zero-order valence-corrected chi connectivity index (χ0v) is 9.64. The van der Waals surface area contributed by atoms with Crippen LogP contribution in [0.2, 0.25) is 0 Å². The van der Waals surface area contributed by atoms with E-state index >= 15 is 0 Å². The smallest absolute Gasteiger partial charge is 0.238 e. The molecule has 1 unspecified atom stereocenters. The number of nitrogens with zero attached hydrogens (tertiary/aromatic N) is 1. The third kappa shape index (κ3) is 3.13. The highest BCUT2D eigenvalue weighted by Crippen LogP contribution is 2.18. The van der Waals surface area contributed by atoms with Gasteiger partial charge in [0, 0.05) is 24.7 Å². The molecule has 0 aromatic carbocycles. The summed E-state index contributed by atoms with van der Waals surface area (Å²) in [5, 5.41) is 0. The van der Waals surface area contributed by atoms with Crippen molar-refractivity contribution < 1.29 is 13.2 Å². The van der Waals surface area contributed by atoms with Crippen molar-refractivity contribution >= 4 is 27.3 Å². The molecule has 14 heavy (non-hydrogen) atoms. The van der Waals surface area contributed by atoms with E-state index in [0.29, 0.717) is 12.4 Å². The zero-order valence-electron chi connectivity index (χ0n) is 8.07. The molecule has 0 aromatic rings. The van der Waals surface area contributed by atoms with Gasteiger partial charge in [0.15, 0.2) is 9.84 Å². The Morgan fingerprint density at radius 2 is 2.21 bits per heavy atom. The van der Waals surface area contributed by atoms with Gasteiger partial charge in [0.2, 0.25) is 5.91 Å². The number of hydrogen-bond donors (Lipinski definition) is 0. The largest absolute Gasteiger partial charge is 0.338 e. The number of carbonyl (C=O) groups is 1. The number of likely N-dealkylation sites (tertiary alicyclic amines) is 1. The van der Waals surface area contributed by atoms with Gasteiger partial charge in [-0.2, -0.15) is 0 Å². The summed E-state index contributed by atoms with van der Waals surface area (Å²) in [5.74, 6) is -0.341. The lowest BCUT2D eigenvalue weighted by Crippen LogP contribution is -2.39. The number of amides is 1. The summed E-state index contributed by atoms with van der Waals surface area (Å²) in [6.07, 6.45) is 2.85. The van der Waals surface area contributed by atoms with E-state index in [2.05, 4.69) is 0 Å². The fourth-order valence-corrected chi connectivity index (χ4v) is 2.57. The topological polar surface area (TPSA) is 54.5 Å². The van der Waals surface area contributed by atoms with Crippen LogP contribution in [0.3, 0.4) is 0 Å². The van der Waals surface area contributed by atoms with Gasteiger partial charge in [-0.05, 0) is 12.8 Å². The first-order valence-electron chi connectivity index (χ1n) is 4.47. The van der Waals surface area contributed by atoms with Crippen molar-refractivity contribution in [2.75, 3.05) is 24.4 Å². The number of halogens is 1. The quantitative estimate of drug-likeness (QED) is 0.664. The minimum atomic E-state index is -3.23. The molecule has 1 saturated heterocycles. The van der Waals surface area contributed by atoms with Gasteiger partial charge in [0.25, 0.3) is 0 Å². The fourth-order valence-electron chi connectivity index (χ4n) is 1.63. The molecule has 1 heterocycles. The van der Waals surface area contributed by atoms with Crippen LogP contribution in [-0.2, 0) is 14.6 Å². The Kier molecular flexibility index (Phi) is 3.78. The van der Waals surface area contributed by atoms with Gasteiger partial charge in [0.1, 0.15) is 5.75 Å². The highest BCUT2D eigenvalue weighted by atomic mass is 35.5. The van der Waals surface area contributed by atoms with E-state index in [1.165, 1.54) is 0 Å². The molecule has 4 nitrogen and oxygen atoms in total. The van der Waals surface area contributed by atoms with Crippen LogP contribution in [0.15, 0.2) is 0 Å². The van der Waals surface area contributed by atoms with E-state index in [-0.39, 0.29) is 11.9 Å². The van der Waals surface area contributed by atoms with Crippen molar-refractivity contribution in [3.05, 3.63) is 0 Å². The highest BCUT2D eigenvalue weighted by Gasteiger charge is 2.29. The number of sulfone groups is 1. The van der Waals surface area contributed by atoms with Crippen molar-refractivity contribution in [2.24, 2.45) is 0 Å². The number of alkyl halides is 1. The molecule has 0 saturated carbocycles. The van der Waals surface area contributed by atoms with Crippen LogP contribution in [0.5, 0.6) is 0 Å². The van der Waals surface area contributed by atoms with Gasteiger partial charge < -0.3 is 4.90 Å². The van der Waals surface area contributed by atoms with E-state index in [4.69, 9.17) is 11.6 Å². The van der Waals surface area contributed by atoms with Crippen LogP contribution in [0.25, 0.3) is 0 Å². The lowest BCUT2D eigenvalue weighted by atomic mass is 10.2. The van der Waals surface area contributed by atoms with Crippen molar-refractivity contribution in [1.29, 1.82) is 0 Å². The van der Waals surface area contributed by atoms with Gasteiger partial charge in [-0.25, -0.2) is 8.42 Å². The summed E-state index contributed by atoms with van der Waals surface area (Å²) in [6.45, 7) is 0.631. The molecule has 0 N–H and O–H groups in total. The maximum Gasteiger partial charge on any atom is 0.238 e. The molecule has 1 fully saturated rings. The van der Waals surface area contributed by atoms with Crippen LogP contribution in [-0.4, -0.2) is 49.7 Å². The van der Waals surface area contributed by atoms with Crippen molar-refractivity contribution in [3.8, 4) is 0 Å². The Morgan fingerprint density at radius 3 is 2.71 bits per heavy atom. The zero-order chi connectivity index (χ0) is 10.8. The van der Waals surface area contributed by atoms with Crippen LogP contribution in [0, 0.1) is 0 Å². The molecule has 1 atom stereocenters. The van der Waals surface area contributed by atoms with Crippen LogP contribution in [0.1, 0.15) is 12.8 Å². The molecule has 0 aromatic heterocycles. The monoisotopic (exact) mass is 239 g/mol. The van der Waals surface area contributed by atoms with Gasteiger partial charge in [-0.3, -0.25) is 4.79 Å². The summed E-state index contributed by atoms with van der Waals surface area (Å²) in [5.41, 5.74) is 0. The number of hydrogen-bond acceptors (Lipinski definition) is 3. The molecule has 1 amide bonds.